The van der Waals surface area contributed by atoms with E-state index in [0.29, 0.717) is 0 Å². The van der Waals surface area contributed by atoms with Gasteiger partial charge in [0.2, 0.25) is 0 Å². The lowest BCUT2D eigenvalue weighted by Crippen LogP contribution is -2.42. The zero-order valence-electron chi connectivity index (χ0n) is 12.6. The molecule has 0 aromatic rings. The smallest absolute Gasteiger partial charge is 0.420 e. The molecule has 0 radical (unpaired) electrons. The highest BCUT2D eigenvalue weighted by molar-refractivity contribution is 5.89. The van der Waals surface area contributed by atoms with Crippen molar-refractivity contribution in [1.29, 1.82) is 0 Å². The second kappa shape index (κ2) is 7.96. The second-order valence-corrected chi connectivity index (χ2v) is 4.57. The van der Waals surface area contributed by atoms with E-state index in [2.05, 4.69) is 13.2 Å². The van der Waals surface area contributed by atoms with Crippen LogP contribution in [0.4, 0.5) is 0 Å². The Kier molecular flexibility index (Phi) is 7.01. The monoisotopic (exact) mass is 314 g/mol. The van der Waals surface area contributed by atoms with Gasteiger partial charge in [-0.3, -0.25) is 9.59 Å². The van der Waals surface area contributed by atoms with Gasteiger partial charge in [0.25, 0.3) is 0 Å². The lowest BCUT2D eigenvalue weighted by atomic mass is 10.3. The van der Waals surface area contributed by atoms with E-state index in [0.717, 1.165) is 6.92 Å². The van der Waals surface area contributed by atoms with E-state index in [-0.39, 0.29) is 11.1 Å². The minimum absolute atomic E-state index is 0.0146. The number of aliphatic carboxylic acids is 1. The molecule has 0 aliphatic carbocycles. The Morgan fingerprint density at radius 3 is 1.64 bits per heavy atom. The summed E-state index contributed by atoms with van der Waals surface area (Å²) in [5.74, 6) is -6.49. The molecule has 0 heterocycles. The first-order valence-corrected chi connectivity index (χ1v) is 6.18. The van der Waals surface area contributed by atoms with Gasteiger partial charge in [-0.25, -0.2) is 9.59 Å². The fraction of sp³-hybridized carbons (Fsp3) is 0.429. The normalized spacial score (nSPS) is 10.3. The van der Waals surface area contributed by atoms with Crippen molar-refractivity contribution in [1.82, 2.24) is 0 Å². The number of carbonyl (C=O) groups excluding carboxylic acids is 3. The fourth-order valence-electron chi connectivity index (χ4n) is 1.04. The highest BCUT2D eigenvalue weighted by Gasteiger charge is 2.38. The topological polar surface area (TPSA) is 116 Å². The minimum Gasteiger partial charge on any atom is -0.481 e. The molecule has 0 bridgehead atoms. The van der Waals surface area contributed by atoms with E-state index < -0.39 is 42.7 Å². The molecule has 0 aromatic carbocycles. The Morgan fingerprint density at radius 2 is 1.32 bits per heavy atom. The van der Waals surface area contributed by atoms with Crippen LogP contribution in [0.5, 0.6) is 0 Å². The van der Waals surface area contributed by atoms with E-state index in [1.54, 1.807) is 0 Å². The van der Waals surface area contributed by atoms with E-state index in [1.165, 1.54) is 13.8 Å². The molecule has 0 amide bonds. The number of esters is 3. The van der Waals surface area contributed by atoms with E-state index in [1.807, 2.05) is 0 Å². The van der Waals surface area contributed by atoms with Gasteiger partial charge in [0.1, 0.15) is 0 Å². The molecule has 1 N–H and O–H groups in total. The number of hydrogen-bond donors (Lipinski definition) is 1. The first-order valence-electron chi connectivity index (χ1n) is 6.18. The van der Waals surface area contributed by atoms with Crippen LogP contribution in [-0.2, 0) is 33.4 Å². The van der Waals surface area contributed by atoms with Gasteiger partial charge < -0.3 is 19.3 Å². The van der Waals surface area contributed by atoms with Crippen molar-refractivity contribution in [3.05, 3.63) is 24.3 Å². The number of hydrogen-bond acceptors (Lipinski definition) is 7. The predicted octanol–water partition coefficient (Wildman–Crippen LogP) is 1.31. The first-order chi connectivity index (χ1) is 9.96. The summed E-state index contributed by atoms with van der Waals surface area (Å²) in [7, 11) is 0. The van der Waals surface area contributed by atoms with E-state index >= 15 is 0 Å². The van der Waals surface area contributed by atoms with Crippen LogP contribution in [0, 0.1) is 0 Å². The number of carbonyl (C=O) groups is 4. The molecule has 0 saturated carbocycles. The second-order valence-electron chi connectivity index (χ2n) is 4.57. The maximum absolute atomic E-state index is 11.6. The summed E-state index contributed by atoms with van der Waals surface area (Å²) in [6, 6.07) is 0. The third-order valence-corrected chi connectivity index (χ3v) is 2.10. The van der Waals surface area contributed by atoms with Gasteiger partial charge in [-0.05, 0) is 13.8 Å². The predicted molar refractivity (Wildman–Crippen MR) is 73.2 cm³/mol. The molecule has 0 unspecified atom stereocenters. The van der Waals surface area contributed by atoms with Crippen LogP contribution >= 0.6 is 0 Å². The van der Waals surface area contributed by atoms with Crippen molar-refractivity contribution in [3.63, 3.8) is 0 Å². The Labute approximate surface area is 127 Å². The van der Waals surface area contributed by atoms with Crippen LogP contribution in [-0.4, -0.2) is 35.0 Å². The highest BCUT2D eigenvalue weighted by Crippen LogP contribution is 2.19. The zero-order chi connectivity index (χ0) is 17.5. The molecule has 0 fully saturated rings. The summed E-state index contributed by atoms with van der Waals surface area (Å²) in [6.07, 6.45) is -0.974. The Morgan fingerprint density at radius 1 is 0.909 bits per heavy atom. The molecule has 8 nitrogen and oxygen atoms in total. The molecule has 0 aliphatic rings. The quantitative estimate of drug-likeness (QED) is 0.405. The number of carboxylic acids is 1. The summed E-state index contributed by atoms with van der Waals surface area (Å²) in [6.45, 7) is 10.4. The van der Waals surface area contributed by atoms with Crippen molar-refractivity contribution in [2.24, 2.45) is 0 Å². The van der Waals surface area contributed by atoms with Crippen LogP contribution in [0.1, 0.15) is 33.6 Å². The first kappa shape index (κ1) is 19.4. The summed E-state index contributed by atoms with van der Waals surface area (Å²) in [5.41, 5.74) is -0.0293. The minimum atomic E-state index is -2.35. The molecule has 0 spiro atoms. The van der Waals surface area contributed by atoms with Gasteiger partial charge in [-0.1, -0.05) is 13.2 Å². The summed E-state index contributed by atoms with van der Waals surface area (Å²) in [5, 5.41) is 8.50. The van der Waals surface area contributed by atoms with Crippen molar-refractivity contribution in [2.75, 3.05) is 0 Å². The van der Waals surface area contributed by atoms with Crippen LogP contribution in [0.15, 0.2) is 24.3 Å². The average Bonchev–Trinajstić information content (AvgIpc) is 2.35. The van der Waals surface area contributed by atoms with Gasteiger partial charge in [0, 0.05) is 11.1 Å². The summed E-state index contributed by atoms with van der Waals surface area (Å²) in [4.78, 5) is 45.0. The molecule has 8 heteroatoms. The Balaban J connectivity index is 5.06. The largest absolute Gasteiger partial charge is 0.481 e. The summed E-state index contributed by atoms with van der Waals surface area (Å²) >= 11 is 0. The van der Waals surface area contributed by atoms with Gasteiger partial charge >= 0.3 is 29.9 Å². The van der Waals surface area contributed by atoms with Gasteiger partial charge in [0.05, 0.1) is 19.8 Å². The van der Waals surface area contributed by atoms with Crippen molar-refractivity contribution >= 4 is 23.9 Å². The number of rotatable bonds is 8. The van der Waals surface area contributed by atoms with Crippen molar-refractivity contribution < 1.29 is 38.5 Å². The van der Waals surface area contributed by atoms with Gasteiger partial charge in [-0.15, -0.1) is 0 Å². The molecule has 0 atom stereocenters. The van der Waals surface area contributed by atoms with Gasteiger partial charge in [0.15, 0.2) is 0 Å². The van der Waals surface area contributed by atoms with Gasteiger partial charge in [-0.2, -0.15) is 0 Å². The van der Waals surface area contributed by atoms with Crippen molar-refractivity contribution in [3.8, 4) is 0 Å². The maximum Gasteiger partial charge on any atom is 0.420 e. The lowest BCUT2D eigenvalue weighted by molar-refractivity contribution is -0.317. The third kappa shape index (κ3) is 7.22. The Bertz CT molecular complexity index is 489. The molecule has 0 aliphatic heterocycles. The van der Waals surface area contributed by atoms with Crippen molar-refractivity contribution in [2.45, 2.75) is 39.6 Å². The number of carboxylic acid groups (broad SMARTS) is 1. The van der Waals surface area contributed by atoms with Crippen LogP contribution < -0.4 is 0 Å². The van der Waals surface area contributed by atoms with Crippen LogP contribution in [0.3, 0.4) is 0 Å². The molecular weight excluding hydrogens is 296 g/mol. The Hall–Kier alpha value is -2.64. The molecule has 0 aromatic heterocycles. The molecule has 122 valence electrons. The highest BCUT2D eigenvalue weighted by atomic mass is 16.9. The average molecular weight is 314 g/mol. The van der Waals surface area contributed by atoms with Crippen LogP contribution in [0.25, 0.3) is 0 Å². The fourth-order valence-corrected chi connectivity index (χ4v) is 1.04. The zero-order valence-corrected chi connectivity index (χ0v) is 12.6. The molecular formula is C14H18O8. The SMILES string of the molecule is C=C(C)C(=O)OC(C)(OC(=O)CCC(=O)O)OC(=O)C(=C)C. The molecule has 0 saturated heterocycles. The molecule has 22 heavy (non-hydrogen) atoms. The lowest BCUT2D eigenvalue weighted by Gasteiger charge is -2.27. The maximum atomic E-state index is 11.6. The van der Waals surface area contributed by atoms with E-state index in [9.17, 15) is 19.2 Å². The van der Waals surface area contributed by atoms with Crippen LogP contribution in [0.2, 0.25) is 0 Å². The van der Waals surface area contributed by atoms with E-state index in [4.69, 9.17) is 19.3 Å². The summed E-state index contributed by atoms with van der Waals surface area (Å²) < 4.78 is 14.3. The number of ether oxygens (including phenoxy) is 3. The molecule has 0 rings (SSSR count). The third-order valence-electron chi connectivity index (χ3n) is 2.10. The standard InChI is InChI=1S/C14H18O8/c1-8(2)12(18)21-14(5,22-13(19)9(3)4)20-11(17)7-6-10(15)16/h1,3,6-7H2,2,4-5H3,(H,15,16).